The van der Waals surface area contributed by atoms with Gasteiger partial charge in [0.25, 0.3) is 0 Å². The van der Waals surface area contributed by atoms with Crippen molar-refractivity contribution in [3.05, 3.63) is 46.3 Å². The minimum Gasteiger partial charge on any atom is -0.360 e. The number of rotatable bonds is 5. The lowest BCUT2D eigenvalue weighted by Crippen LogP contribution is -2.27. The number of nitrogens with one attached hydrogen (secondary N) is 1. The SMILES string of the molecule is C#Cc1c(C(C)NS(=O)(=O)c2ccc(Cl)cc2)noc1CC. The second-order valence-electron chi connectivity index (χ2n) is 4.66. The van der Waals surface area contributed by atoms with Gasteiger partial charge in [-0.05, 0) is 31.2 Å². The summed E-state index contributed by atoms with van der Waals surface area (Å²) in [4.78, 5) is 0.116. The molecule has 1 aromatic heterocycles. The summed E-state index contributed by atoms with van der Waals surface area (Å²) in [6.45, 7) is 3.54. The van der Waals surface area contributed by atoms with Crippen molar-refractivity contribution >= 4 is 21.6 Å². The van der Waals surface area contributed by atoms with Crippen molar-refractivity contribution in [3.8, 4) is 12.3 Å². The molecule has 0 spiro atoms. The molecule has 7 heteroatoms. The zero-order valence-corrected chi connectivity index (χ0v) is 13.7. The Labute approximate surface area is 134 Å². The molecule has 5 nitrogen and oxygen atoms in total. The Morgan fingerprint density at radius 2 is 2.05 bits per heavy atom. The van der Waals surface area contributed by atoms with Crippen LogP contribution < -0.4 is 4.72 Å². The Bertz CT molecular complexity index is 804. The number of halogens is 1. The Balaban J connectivity index is 2.28. The van der Waals surface area contributed by atoms with Crippen LogP contribution in [-0.4, -0.2) is 13.6 Å². The zero-order chi connectivity index (χ0) is 16.3. The third kappa shape index (κ3) is 3.33. The summed E-state index contributed by atoms with van der Waals surface area (Å²) in [5, 5.41) is 4.35. The first-order valence-electron chi connectivity index (χ1n) is 6.62. The number of sulfonamides is 1. The van der Waals surface area contributed by atoms with E-state index in [0.717, 1.165) is 0 Å². The quantitative estimate of drug-likeness (QED) is 0.851. The number of hydrogen-bond donors (Lipinski definition) is 1. The van der Waals surface area contributed by atoms with Crippen LogP contribution >= 0.6 is 11.6 Å². The highest BCUT2D eigenvalue weighted by Crippen LogP contribution is 2.22. The van der Waals surface area contributed by atoms with E-state index in [1.807, 2.05) is 6.92 Å². The number of aryl methyl sites for hydroxylation is 1. The highest BCUT2D eigenvalue weighted by Gasteiger charge is 2.24. The van der Waals surface area contributed by atoms with E-state index in [1.165, 1.54) is 24.3 Å². The van der Waals surface area contributed by atoms with Gasteiger partial charge in [-0.2, -0.15) is 0 Å². The molecular formula is C15H15ClN2O3S. The molecule has 2 aromatic rings. The second kappa shape index (κ2) is 6.53. The van der Waals surface area contributed by atoms with E-state index in [1.54, 1.807) is 6.92 Å². The first kappa shape index (κ1) is 16.6. The fraction of sp³-hybridized carbons (Fsp3) is 0.267. The Kier molecular flexibility index (Phi) is 4.91. The highest BCUT2D eigenvalue weighted by atomic mass is 35.5. The molecule has 0 aliphatic rings. The molecule has 1 heterocycles. The molecule has 0 fully saturated rings. The van der Waals surface area contributed by atoms with Gasteiger partial charge in [0.1, 0.15) is 5.69 Å². The van der Waals surface area contributed by atoms with Crippen LogP contribution in [0.2, 0.25) is 5.02 Å². The molecule has 116 valence electrons. The van der Waals surface area contributed by atoms with Crippen LogP contribution in [0.5, 0.6) is 0 Å². The van der Waals surface area contributed by atoms with Gasteiger partial charge >= 0.3 is 0 Å². The van der Waals surface area contributed by atoms with Gasteiger partial charge in [0.15, 0.2) is 5.76 Å². The summed E-state index contributed by atoms with van der Waals surface area (Å²) in [6.07, 6.45) is 6.05. The molecule has 1 aromatic carbocycles. The van der Waals surface area contributed by atoms with Crippen LogP contribution in [-0.2, 0) is 16.4 Å². The zero-order valence-electron chi connectivity index (χ0n) is 12.1. The van der Waals surface area contributed by atoms with E-state index >= 15 is 0 Å². The van der Waals surface area contributed by atoms with Crippen molar-refractivity contribution in [1.82, 2.24) is 9.88 Å². The fourth-order valence-corrected chi connectivity index (χ4v) is 3.33. The number of nitrogens with zero attached hydrogens (tertiary/aromatic N) is 1. The highest BCUT2D eigenvalue weighted by molar-refractivity contribution is 7.89. The first-order chi connectivity index (χ1) is 10.4. The number of aromatic nitrogens is 1. The van der Waals surface area contributed by atoms with Crippen LogP contribution in [0.25, 0.3) is 0 Å². The monoisotopic (exact) mass is 338 g/mol. The van der Waals surface area contributed by atoms with E-state index in [-0.39, 0.29) is 4.90 Å². The molecule has 1 unspecified atom stereocenters. The summed E-state index contributed by atoms with van der Waals surface area (Å²) in [7, 11) is -3.71. The summed E-state index contributed by atoms with van der Waals surface area (Å²) in [5.41, 5.74) is 0.894. The lowest BCUT2D eigenvalue weighted by molar-refractivity contribution is 0.375. The average Bonchev–Trinajstić information content (AvgIpc) is 2.90. The number of hydrogen-bond acceptors (Lipinski definition) is 4. The Hall–Kier alpha value is -1.81. The van der Waals surface area contributed by atoms with Gasteiger partial charge in [0.2, 0.25) is 10.0 Å². The summed E-state index contributed by atoms with van der Waals surface area (Å²) in [5.74, 6) is 3.07. The molecule has 1 atom stereocenters. The van der Waals surface area contributed by atoms with Gasteiger partial charge in [-0.15, -0.1) is 6.42 Å². The van der Waals surface area contributed by atoms with Crippen molar-refractivity contribution in [1.29, 1.82) is 0 Å². The summed E-state index contributed by atoms with van der Waals surface area (Å²) < 4.78 is 32.4. The van der Waals surface area contributed by atoms with Crippen molar-refractivity contribution < 1.29 is 12.9 Å². The van der Waals surface area contributed by atoms with E-state index < -0.39 is 16.1 Å². The van der Waals surface area contributed by atoms with Crippen molar-refractivity contribution in [2.75, 3.05) is 0 Å². The minimum absolute atomic E-state index is 0.116. The molecule has 0 bridgehead atoms. The van der Waals surface area contributed by atoms with Gasteiger partial charge in [0, 0.05) is 11.4 Å². The van der Waals surface area contributed by atoms with Gasteiger partial charge in [0.05, 0.1) is 16.5 Å². The molecule has 2 rings (SSSR count). The van der Waals surface area contributed by atoms with E-state index in [0.29, 0.717) is 28.5 Å². The van der Waals surface area contributed by atoms with Crippen molar-refractivity contribution in [2.45, 2.75) is 31.2 Å². The predicted octanol–water partition coefficient (Wildman–Crippen LogP) is 2.91. The van der Waals surface area contributed by atoms with Crippen LogP contribution in [0.3, 0.4) is 0 Å². The van der Waals surface area contributed by atoms with Gasteiger partial charge in [-0.25, -0.2) is 13.1 Å². The largest absolute Gasteiger partial charge is 0.360 e. The molecule has 22 heavy (non-hydrogen) atoms. The van der Waals surface area contributed by atoms with E-state index in [4.69, 9.17) is 22.5 Å². The average molecular weight is 339 g/mol. The standard InChI is InChI=1S/C15H15ClN2O3S/c1-4-13-14(5-2)21-17-15(13)10(3)18-22(19,20)12-8-6-11(16)7-9-12/h1,6-10,18H,5H2,2-3H3. The van der Waals surface area contributed by atoms with Gasteiger partial charge < -0.3 is 4.52 Å². The van der Waals surface area contributed by atoms with E-state index in [9.17, 15) is 8.42 Å². The predicted molar refractivity (Wildman–Crippen MR) is 84.0 cm³/mol. The maximum absolute atomic E-state index is 12.3. The van der Waals surface area contributed by atoms with E-state index in [2.05, 4.69) is 15.8 Å². The maximum Gasteiger partial charge on any atom is 0.241 e. The first-order valence-corrected chi connectivity index (χ1v) is 8.48. The van der Waals surface area contributed by atoms with Crippen molar-refractivity contribution in [2.24, 2.45) is 0 Å². The molecule has 0 amide bonds. The van der Waals surface area contributed by atoms with Crippen LogP contribution in [0.15, 0.2) is 33.7 Å². The van der Waals surface area contributed by atoms with Crippen molar-refractivity contribution in [3.63, 3.8) is 0 Å². The van der Waals surface area contributed by atoms with Crippen LogP contribution in [0.4, 0.5) is 0 Å². The normalized spacial score (nSPS) is 12.8. The maximum atomic E-state index is 12.3. The molecular weight excluding hydrogens is 324 g/mol. The Morgan fingerprint density at radius 3 is 2.59 bits per heavy atom. The van der Waals surface area contributed by atoms with Crippen LogP contribution in [0, 0.1) is 12.3 Å². The molecule has 1 N–H and O–H groups in total. The molecule has 0 radical (unpaired) electrons. The lowest BCUT2D eigenvalue weighted by atomic mass is 10.1. The molecule has 0 aliphatic carbocycles. The topological polar surface area (TPSA) is 72.2 Å². The molecule has 0 saturated carbocycles. The smallest absolute Gasteiger partial charge is 0.241 e. The summed E-state index contributed by atoms with van der Waals surface area (Å²) >= 11 is 5.76. The number of terminal acetylenes is 1. The number of benzene rings is 1. The third-order valence-electron chi connectivity index (χ3n) is 3.12. The second-order valence-corrected chi connectivity index (χ2v) is 6.81. The fourth-order valence-electron chi connectivity index (χ4n) is 2.00. The molecule has 0 saturated heterocycles. The van der Waals surface area contributed by atoms with Crippen LogP contribution in [0.1, 0.15) is 36.9 Å². The third-order valence-corrected chi connectivity index (χ3v) is 4.93. The summed E-state index contributed by atoms with van der Waals surface area (Å²) in [6, 6.07) is 5.27. The minimum atomic E-state index is -3.71. The van der Waals surface area contributed by atoms with Gasteiger partial charge in [-0.1, -0.05) is 29.6 Å². The molecule has 0 aliphatic heterocycles. The Morgan fingerprint density at radius 1 is 1.41 bits per heavy atom. The lowest BCUT2D eigenvalue weighted by Gasteiger charge is -2.12. The van der Waals surface area contributed by atoms with Gasteiger partial charge in [-0.3, -0.25) is 0 Å².